The van der Waals surface area contributed by atoms with Crippen LogP contribution in [0.15, 0.2) is 18.2 Å². The van der Waals surface area contributed by atoms with Gasteiger partial charge in [-0.1, -0.05) is 6.07 Å². The Morgan fingerprint density at radius 1 is 1.47 bits per heavy atom. The zero-order chi connectivity index (χ0) is 12.7. The summed E-state index contributed by atoms with van der Waals surface area (Å²) < 4.78 is 18.6. The Bertz CT molecular complexity index is 383. The van der Waals surface area contributed by atoms with Crippen molar-refractivity contribution in [2.45, 2.75) is 13.5 Å². The number of rotatable bonds is 6. The van der Waals surface area contributed by atoms with Crippen LogP contribution in [0.3, 0.4) is 0 Å². The molecule has 0 saturated heterocycles. The minimum absolute atomic E-state index is 0.0936. The fourth-order valence-corrected chi connectivity index (χ4v) is 1.37. The van der Waals surface area contributed by atoms with Crippen molar-refractivity contribution >= 4 is 5.91 Å². The molecule has 5 heteroatoms. The number of carbonyl (C=O) groups is 1. The van der Waals surface area contributed by atoms with E-state index in [0.29, 0.717) is 13.1 Å². The molecule has 0 saturated carbocycles. The number of amides is 1. The normalized spacial score (nSPS) is 10.1. The van der Waals surface area contributed by atoms with Crippen LogP contribution >= 0.6 is 0 Å². The molecule has 17 heavy (non-hydrogen) atoms. The van der Waals surface area contributed by atoms with Gasteiger partial charge in [-0.25, -0.2) is 4.39 Å². The number of halogens is 1. The summed E-state index contributed by atoms with van der Waals surface area (Å²) >= 11 is 0. The van der Waals surface area contributed by atoms with Crippen LogP contribution in [-0.4, -0.2) is 26.1 Å². The van der Waals surface area contributed by atoms with Crippen molar-refractivity contribution in [3.8, 4) is 5.75 Å². The van der Waals surface area contributed by atoms with E-state index in [1.807, 2.05) is 6.92 Å². The Labute approximate surface area is 100 Å². The third-order valence-corrected chi connectivity index (χ3v) is 2.11. The molecular formula is C12H17FN2O2. The van der Waals surface area contributed by atoms with Gasteiger partial charge in [0.25, 0.3) is 5.91 Å². The van der Waals surface area contributed by atoms with Crippen LogP contribution in [0.2, 0.25) is 0 Å². The number of nitrogens with one attached hydrogen (secondary N) is 2. The lowest BCUT2D eigenvalue weighted by molar-refractivity contribution is -0.123. The molecule has 1 rings (SSSR count). The van der Waals surface area contributed by atoms with Gasteiger partial charge in [0.05, 0.1) is 0 Å². The Morgan fingerprint density at radius 2 is 2.24 bits per heavy atom. The van der Waals surface area contributed by atoms with Gasteiger partial charge in [-0.2, -0.15) is 0 Å². The fourth-order valence-electron chi connectivity index (χ4n) is 1.37. The van der Waals surface area contributed by atoms with Gasteiger partial charge in [-0.05, 0) is 31.7 Å². The van der Waals surface area contributed by atoms with Crippen LogP contribution in [0.1, 0.15) is 12.5 Å². The van der Waals surface area contributed by atoms with Crippen LogP contribution in [0.5, 0.6) is 5.75 Å². The van der Waals surface area contributed by atoms with E-state index in [9.17, 15) is 9.18 Å². The van der Waals surface area contributed by atoms with Gasteiger partial charge < -0.3 is 15.4 Å². The lowest BCUT2D eigenvalue weighted by atomic mass is 10.2. The van der Waals surface area contributed by atoms with Gasteiger partial charge in [0.15, 0.2) is 18.2 Å². The summed E-state index contributed by atoms with van der Waals surface area (Å²) in [5, 5.41) is 5.50. The van der Waals surface area contributed by atoms with Gasteiger partial charge in [-0.3, -0.25) is 4.79 Å². The first kappa shape index (κ1) is 13.4. The molecule has 2 N–H and O–H groups in total. The first-order chi connectivity index (χ1) is 8.17. The predicted octanol–water partition coefficient (Wildman–Crippen LogP) is 1.06. The Morgan fingerprint density at radius 3 is 2.82 bits per heavy atom. The average molecular weight is 240 g/mol. The highest BCUT2D eigenvalue weighted by molar-refractivity contribution is 5.77. The topological polar surface area (TPSA) is 50.4 Å². The second kappa shape index (κ2) is 6.85. The summed E-state index contributed by atoms with van der Waals surface area (Å²) in [5.74, 6) is -0.621. The molecule has 0 atom stereocenters. The smallest absolute Gasteiger partial charge is 0.257 e. The van der Waals surface area contributed by atoms with E-state index in [1.54, 1.807) is 13.1 Å². The second-order valence-corrected chi connectivity index (χ2v) is 3.54. The Kier molecular flexibility index (Phi) is 5.42. The number of hydrogen-bond donors (Lipinski definition) is 2. The summed E-state index contributed by atoms with van der Waals surface area (Å²) in [6, 6.07) is 4.68. The number of hydrogen-bond acceptors (Lipinski definition) is 3. The third kappa shape index (κ3) is 4.40. The standard InChI is InChI=1S/C12H17FN2O2/c1-3-15-12(16)8-17-11-5-4-9(7-14-2)6-10(11)13/h4-6,14H,3,7-8H2,1-2H3,(H,15,16). The summed E-state index contributed by atoms with van der Waals surface area (Å²) in [6.07, 6.45) is 0. The first-order valence-electron chi connectivity index (χ1n) is 5.50. The molecule has 0 radical (unpaired) electrons. The van der Waals surface area contributed by atoms with Crippen molar-refractivity contribution < 1.29 is 13.9 Å². The van der Waals surface area contributed by atoms with Crippen LogP contribution in [0.4, 0.5) is 4.39 Å². The fraction of sp³-hybridized carbons (Fsp3) is 0.417. The Hall–Kier alpha value is -1.62. The minimum atomic E-state index is -0.456. The highest BCUT2D eigenvalue weighted by Crippen LogP contribution is 2.18. The highest BCUT2D eigenvalue weighted by Gasteiger charge is 2.06. The molecule has 0 aliphatic rings. The van der Waals surface area contributed by atoms with Crippen molar-refractivity contribution in [1.82, 2.24) is 10.6 Å². The van der Waals surface area contributed by atoms with Crippen LogP contribution in [0.25, 0.3) is 0 Å². The number of carbonyl (C=O) groups excluding carboxylic acids is 1. The van der Waals surface area contributed by atoms with Gasteiger partial charge in [-0.15, -0.1) is 0 Å². The van der Waals surface area contributed by atoms with E-state index < -0.39 is 5.82 Å². The zero-order valence-electron chi connectivity index (χ0n) is 10.0. The molecule has 0 aromatic heterocycles. The molecular weight excluding hydrogens is 223 g/mol. The lowest BCUT2D eigenvalue weighted by Crippen LogP contribution is -2.28. The lowest BCUT2D eigenvalue weighted by Gasteiger charge is -2.08. The zero-order valence-corrected chi connectivity index (χ0v) is 10.0. The van der Waals surface area contributed by atoms with E-state index >= 15 is 0 Å². The van der Waals surface area contributed by atoms with Crippen molar-refractivity contribution in [3.63, 3.8) is 0 Å². The molecule has 4 nitrogen and oxygen atoms in total. The summed E-state index contributed by atoms with van der Waals surface area (Å²) in [5.41, 5.74) is 0.829. The molecule has 0 aliphatic heterocycles. The van der Waals surface area contributed by atoms with E-state index in [2.05, 4.69) is 10.6 Å². The van der Waals surface area contributed by atoms with Crippen LogP contribution in [-0.2, 0) is 11.3 Å². The SMILES string of the molecule is CCNC(=O)COc1ccc(CNC)cc1F. The molecule has 1 aromatic rings. The molecule has 1 amide bonds. The molecule has 0 fully saturated rings. The molecule has 0 aliphatic carbocycles. The predicted molar refractivity (Wildman–Crippen MR) is 63.3 cm³/mol. The van der Waals surface area contributed by atoms with Gasteiger partial charge in [0.2, 0.25) is 0 Å². The quantitative estimate of drug-likeness (QED) is 0.781. The maximum absolute atomic E-state index is 13.5. The van der Waals surface area contributed by atoms with E-state index in [4.69, 9.17) is 4.74 Å². The average Bonchev–Trinajstić information content (AvgIpc) is 2.29. The van der Waals surface area contributed by atoms with Gasteiger partial charge >= 0.3 is 0 Å². The van der Waals surface area contributed by atoms with Crippen LogP contribution in [0, 0.1) is 5.82 Å². The van der Waals surface area contributed by atoms with E-state index in [-0.39, 0.29) is 18.3 Å². The summed E-state index contributed by atoms with van der Waals surface area (Å²) in [6.45, 7) is 2.76. The molecule has 1 aromatic carbocycles. The monoisotopic (exact) mass is 240 g/mol. The van der Waals surface area contributed by atoms with Crippen molar-refractivity contribution in [1.29, 1.82) is 0 Å². The summed E-state index contributed by atoms with van der Waals surface area (Å²) in [4.78, 5) is 11.1. The van der Waals surface area contributed by atoms with E-state index in [1.165, 1.54) is 12.1 Å². The van der Waals surface area contributed by atoms with Crippen molar-refractivity contribution in [3.05, 3.63) is 29.6 Å². The number of ether oxygens (including phenoxy) is 1. The highest BCUT2D eigenvalue weighted by atomic mass is 19.1. The first-order valence-corrected chi connectivity index (χ1v) is 5.50. The molecule has 0 heterocycles. The largest absolute Gasteiger partial charge is 0.481 e. The molecule has 0 spiro atoms. The third-order valence-electron chi connectivity index (χ3n) is 2.11. The molecule has 0 bridgehead atoms. The molecule has 0 unspecified atom stereocenters. The minimum Gasteiger partial charge on any atom is -0.481 e. The van der Waals surface area contributed by atoms with Gasteiger partial charge in [0, 0.05) is 13.1 Å². The van der Waals surface area contributed by atoms with Crippen molar-refractivity contribution in [2.75, 3.05) is 20.2 Å². The summed E-state index contributed by atoms with van der Waals surface area (Å²) in [7, 11) is 1.79. The Balaban J connectivity index is 2.57. The van der Waals surface area contributed by atoms with Crippen LogP contribution < -0.4 is 15.4 Å². The second-order valence-electron chi connectivity index (χ2n) is 3.54. The maximum Gasteiger partial charge on any atom is 0.257 e. The number of likely N-dealkylation sites (N-methyl/N-ethyl adjacent to an activating group) is 1. The maximum atomic E-state index is 13.5. The van der Waals surface area contributed by atoms with Gasteiger partial charge in [0.1, 0.15) is 0 Å². The molecule has 94 valence electrons. The number of benzene rings is 1. The van der Waals surface area contributed by atoms with E-state index in [0.717, 1.165) is 5.56 Å². The van der Waals surface area contributed by atoms with Crippen molar-refractivity contribution in [2.24, 2.45) is 0 Å².